The van der Waals surface area contributed by atoms with Gasteiger partial charge in [-0.1, -0.05) is 41.7 Å². The van der Waals surface area contributed by atoms with Gasteiger partial charge in [0.2, 0.25) is 0 Å². The molecule has 0 radical (unpaired) electrons. The Morgan fingerprint density at radius 2 is 2.00 bits per heavy atom. The minimum absolute atomic E-state index is 0.0908. The van der Waals surface area contributed by atoms with Crippen LogP contribution in [0.1, 0.15) is 42.3 Å². The molecule has 1 atom stereocenters. The number of nitro benzene ring substituents is 1. The molecule has 188 valence electrons. The van der Waals surface area contributed by atoms with Crippen molar-refractivity contribution in [2.75, 3.05) is 6.61 Å². The third kappa shape index (κ3) is 4.09. The van der Waals surface area contributed by atoms with Gasteiger partial charge in [-0.2, -0.15) is 0 Å². The second-order valence-electron chi connectivity index (χ2n) is 8.81. The van der Waals surface area contributed by atoms with E-state index in [1.54, 1.807) is 32.9 Å². The number of aryl methyl sites for hydroxylation is 2. The van der Waals surface area contributed by atoms with Gasteiger partial charge < -0.3 is 9.72 Å². The highest BCUT2D eigenvalue weighted by molar-refractivity contribution is 7.07. The van der Waals surface area contributed by atoms with Crippen LogP contribution in [0, 0.1) is 24.0 Å². The van der Waals surface area contributed by atoms with Gasteiger partial charge in [0.25, 0.3) is 11.2 Å². The molecule has 5 rings (SSSR count). The molecule has 0 saturated heterocycles. The number of nitro groups is 1. The summed E-state index contributed by atoms with van der Waals surface area (Å²) >= 11 is 1.21. The molecule has 0 unspecified atom stereocenters. The lowest BCUT2D eigenvalue weighted by Gasteiger charge is -2.24. The molecule has 1 aliphatic rings. The Balaban J connectivity index is 1.78. The van der Waals surface area contributed by atoms with Crippen LogP contribution < -0.4 is 14.9 Å². The Morgan fingerprint density at radius 1 is 1.24 bits per heavy atom. The molecule has 0 bridgehead atoms. The van der Waals surface area contributed by atoms with Crippen molar-refractivity contribution in [2.24, 2.45) is 4.99 Å². The van der Waals surface area contributed by atoms with Crippen molar-refractivity contribution in [2.45, 2.75) is 33.7 Å². The smallest absolute Gasteiger partial charge is 0.338 e. The van der Waals surface area contributed by atoms with Crippen molar-refractivity contribution < 1.29 is 14.5 Å². The van der Waals surface area contributed by atoms with Crippen molar-refractivity contribution in [3.05, 3.63) is 106 Å². The summed E-state index contributed by atoms with van der Waals surface area (Å²) in [5.41, 5.74) is 3.85. The molecular formula is C27H24N4O5S. The number of carbonyl (C=O) groups excluding carboxylic acids is 1. The molecular weight excluding hydrogens is 492 g/mol. The summed E-state index contributed by atoms with van der Waals surface area (Å²) in [6, 6.07) is 11.7. The maximum absolute atomic E-state index is 13.9. The van der Waals surface area contributed by atoms with Gasteiger partial charge in [0.15, 0.2) is 4.80 Å². The number of esters is 1. The number of benzene rings is 2. The first kappa shape index (κ1) is 24.4. The summed E-state index contributed by atoms with van der Waals surface area (Å²) in [5, 5.41) is 12.7. The van der Waals surface area contributed by atoms with Gasteiger partial charge in [0.05, 0.1) is 33.4 Å². The zero-order valence-corrected chi connectivity index (χ0v) is 21.5. The van der Waals surface area contributed by atoms with Gasteiger partial charge >= 0.3 is 5.97 Å². The number of allylic oxidation sites excluding steroid dienone is 1. The second-order valence-corrected chi connectivity index (χ2v) is 9.82. The first-order valence-corrected chi connectivity index (χ1v) is 12.5. The van der Waals surface area contributed by atoms with Crippen LogP contribution in [0.25, 0.3) is 17.0 Å². The molecule has 9 nitrogen and oxygen atoms in total. The highest BCUT2D eigenvalue weighted by atomic mass is 32.1. The van der Waals surface area contributed by atoms with Crippen molar-refractivity contribution in [3.63, 3.8) is 0 Å². The SMILES string of the molecule is CCOC(=O)C1=C(C)N=c2s/c(=C/c3c(C)[nH]c4ccccc34)c(=O)n2[C@H]1c1ccc(C)c([N+](=O)[O-])c1. The maximum atomic E-state index is 13.9. The number of hydrogen-bond acceptors (Lipinski definition) is 7. The average Bonchev–Trinajstić information content (AvgIpc) is 3.34. The molecule has 0 amide bonds. The van der Waals surface area contributed by atoms with Crippen LogP contribution in [-0.2, 0) is 9.53 Å². The average molecular weight is 517 g/mol. The number of H-pyrrole nitrogens is 1. The van der Waals surface area contributed by atoms with Gasteiger partial charge in [-0.3, -0.25) is 19.5 Å². The van der Waals surface area contributed by atoms with E-state index >= 15 is 0 Å². The Morgan fingerprint density at radius 3 is 2.73 bits per heavy atom. The van der Waals surface area contributed by atoms with E-state index in [1.807, 2.05) is 37.3 Å². The molecule has 1 aliphatic heterocycles. The monoisotopic (exact) mass is 516 g/mol. The predicted octanol–water partition coefficient (Wildman–Crippen LogP) is 3.80. The van der Waals surface area contributed by atoms with Crippen LogP contribution in [0.4, 0.5) is 5.69 Å². The number of nitrogens with zero attached hydrogens (tertiary/aromatic N) is 3. The van der Waals surface area contributed by atoms with E-state index in [0.29, 0.717) is 26.2 Å². The van der Waals surface area contributed by atoms with Gasteiger partial charge in [0, 0.05) is 33.8 Å². The fraction of sp³-hybridized carbons (Fsp3) is 0.222. The van der Waals surface area contributed by atoms with E-state index < -0.39 is 16.9 Å². The summed E-state index contributed by atoms with van der Waals surface area (Å²) in [6.07, 6.45) is 1.83. The molecule has 3 heterocycles. The van der Waals surface area contributed by atoms with Crippen LogP contribution >= 0.6 is 11.3 Å². The van der Waals surface area contributed by atoms with Gasteiger partial charge in [0.1, 0.15) is 0 Å². The van der Waals surface area contributed by atoms with E-state index in [0.717, 1.165) is 22.2 Å². The predicted molar refractivity (Wildman–Crippen MR) is 141 cm³/mol. The van der Waals surface area contributed by atoms with Crippen LogP contribution in [-0.4, -0.2) is 27.1 Å². The van der Waals surface area contributed by atoms with Crippen LogP contribution in [0.3, 0.4) is 0 Å². The standard InChI is InChI=1S/C27H24N4O5S/c1-5-36-26(33)23-16(4)29-27-30(24(23)17-11-10-14(2)21(12-17)31(34)35)25(32)22(37-27)13-19-15(3)28-20-9-7-6-8-18(19)20/h6-13,24,28H,5H2,1-4H3/b22-13+/t24-/m0/s1. The molecule has 2 aromatic carbocycles. The summed E-state index contributed by atoms with van der Waals surface area (Å²) in [6.45, 7) is 7.10. The van der Waals surface area contributed by atoms with Gasteiger partial charge in [-0.05, 0) is 45.4 Å². The number of carbonyl (C=O) groups is 1. The fourth-order valence-electron chi connectivity index (χ4n) is 4.72. The van der Waals surface area contributed by atoms with E-state index in [9.17, 15) is 19.7 Å². The number of aromatic nitrogens is 2. The maximum Gasteiger partial charge on any atom is 0.338 e. The first-order valence-electron chi connectivity index (χ1n) is 11.7. The molecule has 0 spiro atoms. The van der Waals surface area contributed by atoms with Crippen molar-refractivity contribution in [1.82, 2.24) is 9.55 Å². The molecule has 0 saturated carbocycles. The summed E-state index contributed by atoms with van der Waals surface area (Å²) < 4.78 is 7.18. The lowest BCUT2D eigenvalue weighted by atomic mass is 9.94. The fourth-order valence-corrected chi connectivity index (χ4v) is 5.74. The van der Waals surface area contributed by atoms with E-state index in [-0.39, 0.29) is 23.4 Å². The summed E-state index contributed by atoms with van der Waals surface area (Å²) in [7, 11) is 0. The van der Waals surface area contributed by atoms with Gasteiger partial charge in [-0.15, -0.1) is 0 Å². The summed E-state index contributed by atoms with van der Waals surface area (Å²) in [5.74, 6) is -0.612. The molecule has 1 N–H and O–H groups in total. The van der Waals surface area contributed by atoms with E-state index in [1.165, 1.54) is 22.0 Å². The highest BCUT2D eigenvalue weighted by Gasteiger charge is 2.34. The first-order chi connectivity index (χ1) is 17.7. The minimum Gasteiger partial charge on any atom is -0.463 e. The van der Waals surface area contributed by atoms with Crippen molar-refractivity contribution >= 4 is 40.0 Å². The molecule has 37 heavy (non-hydrogen) atoms. The lowest BCUT2D eigenvalue weighted by molar-refractivity contribution is -0.385. The van der Waals surface area contributed by atoms with Crippen molar-refractivity contribution in [1.29, 1.82) is 0 Å². The Labute approximate surface area is 215 Å². The largest absolute Gasteiger partial charge is 0.463 e. The number of para-hydroxylation sites is 1. The third-order valence-electron chi connectivity index (χ3n) is 6.48. The topological polar surface area (TPSA) is 120 Å². The number of nitrogens with one attached hydrogen (secondary N) is 1. The number of rotatable bonds is 5. The number of hydrogen-bond donors (Lipinski definition) is 1. The Bertz CT molecular complexity index is 1810. The van der Waals surface area contributed by atoms with Crippen LogP contribution in [0.15, 0.2) is 63.5 Å². The zero-order valence-electron chi connectivity index (χ0n) is 20.7. The number of fused-ring (bicyclic) bond motifs is 2. The highest BCUT2D eigenvalue weighted by Crippen LogP contribution is 2.33. The summed E-state index contributed by atoms with van der Waals surface area (Å²) in [4.78, 5) is 46.4. The van der Waals surface area contributed by atoms with Crippen LogP contribution in [0.2, 0.25) is 0 Å². The zero-order chi connectivity index (χ0) is 26.4. The Kier molecular flexibility index (Phi) is 6.12. The van der Waals surface area contributed by atoms with Crippen LogP contribution in [0.5, 0.6) is 0 Å². The molecule has 10 heteroatoms. The molecule has 4 aromatic rings. The molecule has 0 fully saturated rings. The number of thiazole rings is 1. The quantitative estimate of drug-likeness (QED) is 0.246. The normalized spacial score (nSPS) is 15.6. The second kappa shape index (κ2) is 9.29. The van der Waals surface area contributed by atoms with E-state index in [2.05, 4.69) is 9.98 Å². The van der Waals surface area contributed by atoms with Gasteiger partial charge in [-0.25, -0.2) is 9.79 Å². The lowest BCUT2D eigenvalue weighted by Crippen LogP contribution is -2.40. The van der Waals surface area contributed by atoms with E-state index in [4.69, 9.17) is 4.74 Å². The number of ether oxygens (including phenoxy) is 1. The third-order valence-corrected chi connectivity index (χ3v) is 7.46. The molecule has 2 aromatic heterocycles. The molecule has 0 aliphatic carbocycles. The number of aromatic amines is 1. The Hall–Kier alpha value is -4.31. The van der Waals surface area contributed by atoms with Crippen molar-refractivity contribution in [3.8, 4) is 0 Å². The minimum atomic E-state index is -0.916.